The quantitative estimate of drug-likeness (QED) is 0.224. The van der Waals surface area contributed by atoms with Crippen molar-refractivity contribution in [3.8, 4) is 0 Å². The summed E-state index contributed by atoms with van der Waals surface area (Å²) in [7, 11) is 1.72. The molecule has 0 bridgehead atoms. The lowest BCUT2D eigenvalue weighted by Crippen LogP contribution is -2.52. The lowest BCUT2D eigenvalue weighted by atomic mass is 9.87. The molecular formula is C32H42FN5O3. The second kappa shape index (κ2) is 12.5. The number of unbranched alkanes of at least 4 members (excludes halogenated alkanes) is 1. The van der Waals surface area contributed by atoms with Crippen molar-refractivity contribution in [3.05, 3.63) is 53.3 Å². The van der Waals surface area contributed by atoms with Crippen LogP contribution in [-0.4, -0.2) is 78.1 Å². The van der Waals surface area contributed by atoms with Crippen LogP contribution in [0.25, 0.3) is 10.9 Å². The highest BCUT2D eigenvalue weighted by Gasteiger charge is 2.46. The molecule has 1 aliphatic carbocycles. The van der Waals surface area contributed by atoms with Crippen LogP contribution in [0.5, 0.6) is 0 Å². The number of fused-ring (bicyclic) bond motifs is 2. The van der Waals surface area contributed by atoms with E-state index in [4.69, 9.17) is 14.5 Å². The van der Waals surface area contributed by atoms with Gasteiger partial charge in [-0.3, -0.25) is 10.00 Å². The summed E-state index contributed by atoms with van der Waals surface area (Å²) in [4.78, 5) is 20.0. The third-order valence-corrected chi connectivity index (χ3v) is 9.48. The zero-order valence-corrected chi connectivity index (χ0v) is 24.0. The highest BCUT2D eigenvalue weighted by Crippen LogP contribution is 2.39. The number of halogens is 1. The first-order valence-electron chi connectivity index (χ1n) is 15.2. The maximum atomic E-state index is 15.6. The Morgan fingerprint density at radius 3 is 2.98 bits per heavy atom. The molecule has 0 amide bonds. The van der Waals surface area contributed by atoms with Gasteiger partial charge in [0.05, 0.1) is 30.5 Å². The third kappa shape index (κ3) is 5.90. The van der Waals surface area contributed by atoms with Gasteiger partial charge in [0.15, 0.2) is 0 Å². The first-order valence-corrected chi connectivity index (χ1v) is 15.2. The van der Waals surface area contributed by atoms with Crippen molar-refractivity contribution in [3.63, 3.8) is 0 Å². The number of nitrogens with one attached hydrogen (secondary N) is 2. The number of carbonyl (C=O) groups is 1. The summed E-state index contributed by atoms with van der Waals surface area (Å²) in [6, 6.07) is 10.2. The maximum Gasteiger partial charge on any atom is 0.147 e. The zero-order valence-electron chi connectivity index (χ0n) is 24.0. The summed E-state index contributed by atoms with van der Waals surface area (Å²) >= 11 is 0. The molecule has 2 N–H and O–H groups in total. The molecule has 1 saturated carbocycles. The van der Waals surface area contributed by atoms with E-state index < -0.39 is 11.7 Å². The highest BCUT2D eigenvalue weighted by atomic mass is 19.1. The molecule has 0 radical (unpaired) electrons. The monoisotopic (exact) mass is 563 g/mol. The molecule has 1 unspecified atom stereocenters. The number of anilines is 1. The molecule has 3 aliphatic rings. The molecule has 3 atom stereocenters. The lowest BCUT2D eigenvalue weighted by molar-refractivity contribution is -0.136. The second-order valence-corrected chi connectivity index (χ2v) is 12.0. The van der Waals surface area contributed by atoms with Gasteiger partial charge in [0.1, 0.15) is 23.8 Å². The number of aldehydes is 1. The van der Waals surface area contributed by atoms with Crippen molar-refractivity contribution in [2.24, 2.45) is 5.92 Å². The van der Waals surface area contributed by atoms with E-state index in [0.29, 0.717) is 19.5 Å². The summed E-state index contributed by atoms with van der Waals surface area (Å²) in [5.74, 6) is 0.912. The van der Waals surface area contributed by atoms with E-state index in [-0.39, 0.29) is 24.7 Å². The minimum atomic E-state index is -1.01. The summed E-state index contributed by atoms with van der Waals surface area (Å²) in [6.45, 7) is 2.38. The Bertz CT molecular complexity index is 1330. The Labute approximate surface area is 241 Å². The van der Waals surface area contributed by atoms with Gasteiger partial charge in [-0.1, -0.05) is 30.7 Å². The minimum absolute atomic E-state index is 0.0629. The molecule has 3 aromatic rings. The topological polar surface area (TPSA) is 92.4 Å². The average molecular weight is 564 g/mol. The molecular weight excluding hydrogens is 521 g/mol. The molecule has 6 rings (SSSR count). The largest absolute Gasteiger partial charge is 0.381 e. The van der Waals surface area contributed by atoms with Crippen LogP contribution in [0.4, 0.5) is 10.2 Å². The van der Waals surface area contributed by atoms with Gasteiger partial charge in [0, 0.05) is 42.8 Å². The van der Waals surface area contributed by atoms with Crippen LogP contribution < -0.4 is 5.32 Å². The molecule has 8 nitrogen and oxygen atoms in total. The second-order valence-electron chi connectivity index (χ2n) is 12.0. The van der Waals surface area contributed by atoms with Gasteiger partial charge < -0.3 is 19.6 Å². The number of benzene rings is 1. The van der Waals surface area contributed by atoms with E-state index in [1.54, 1.807) is 13.3 Å². The van der Waals surface area contributed by atoms with Gasteiger partial charge in [-0.25, -0.2) is 9.37 Å². The molecule has 1 aromatic carbocycles. The molecule has 2 aliphatic heterocycles. The fraction of sp³-hybridized carbons (Fsp3) is 0.594. The van der Waals surface area contributed by atoms with Crippen LogP contribution in [0.15, 0.2) is 36.5 Å². The lowest BCUT2D eigenvalue weighted by Gasteiger charge is -2.41. The third-order valence-electron chi connectivity index (χ3n) is 9.48. The van der Waals surface area contributed by atoms with Gasteiger partial charge >= 0.3 is 0 Å². The number of pyridine rings is 1. The minimum Gasteiger partial charge on any atom is -0.381 e. The fourth-order valence-corrected chi connectivity index (χ4v) is 6.77. The van der Waals surface area contributed by atoms with Gasteiger partial charge in [-0.05, 0) is 69.5 Å². The number of aryl methyl sites for hydroxylation is 2. The smallest absolute Gasteiger partial charge is 0.147 e. The van der Waals surface area contributed by atoms with E-state index in [1.165, 1.54) is 5.56 Å². The van der Waals surface area contributed by atoms with Gasteiger partial charge in [0.2, 0.25) is 0 Å². The summed E-state index contributed by atoms with van der Waals surface area (Å²) in [6.07, 6.45) is 9.89. The normalized spacial score (nSPS) is 24.8. The van der Waals surface area contributed by atoms with Crippen molar-refractivity contribution in [1.29, 1.82) is 0 Å². The number of methoxy groups -OCH3 is 1. The molecule has 41 heavy (non-hydrogen) atoms. The number of aromatic amines is 1. The number of likely N-dealkylation sites (tertiary alicyclic amines) is 1. The summed E-state index contributed by atoms with van der Waals surface area (Å²) in [5, 5.41) is 11.7. The average Bonchev–Trinajstić information content (AvgIpc) is 3.67. The molecule has 9 heteroatoms. The maximum absolute atomic E-state index is 15.6. The SMILES string of the molecule is COC1CC(OCC(C=O)(c2cccc3cn[nH]c23)N2CC[C@@H]([C@@H](F)CCCCc3ccc4c(n3)NCCC4)C2)C1. The Kier molecular flexibility index (Phi) is 8.65. The molecule has 1 saturated heterocycles. The Morgan fingerprint density at radius 1 is 1.22 bits per heavy atom. The van der Waals surface area contributed by atoms with Gasteiger partial charge in [-0.2, -0.15) is 5.10 Å². The van der Waals surface area contributed by atoms with Crippen molar-refractivity contribution < 1.29 is 18.7 Å². The van der Waals surface area contributed by atoms with E-state index in [1.807, 2.05) is 18.2 Å². The van der Waals surface area contributed by atoms with Crippen LogP contribution in [0.3, 0.4) is 0 Å². The zero-order chi connectivity index (χ0) is 28.2. The number of H-pyrrole nitrogens is 1. The summed E-state index contributed by atoms with van der Waals surface area (Å²) in [5.41, 5.74) is 3.03. The fourth-order valence-electron chi connectivity index (χ4n) is 6.77. The van der Waals surface area contributed by atoms with Gasteiger partial charge in [0.25, 0.3) is 0 Å². The number of alkyl halides is 1. The van der Waals surface area contributed by atoms with Crippen LogP contribution in [0.2, 0.25) is 0 Å². The van der Waals surface area contributed by atoms with E-state index in [0.717, 1.165) is 92.2 Å². The van der Waals surface area contributed by atoms with Gasteiger partial charge in [-0.15, -0.1) is 0 Å². The molecule has 2 fully saturated rings. The standard InChI is InChI=1S/C32H42FN5O3/c1-40-26-16-27(17-26)41-21-32(20-39,28-9-4-6-23-18-35-37-30(23)28)38-15-13-24(19-38)29(33)10-3-2-8-25-12-11-22-7-5-14-34-31(22)36-25/h4,6,9,11-12,18,20,24,26-27,29H,2-3,5,7-8,10,13-17,19,21H2,1H3,(H,34,36)(H,35,37)/t24-,26?,27?,29+,32?/m1/s1. The van der Waals surface area contributed by atoms with E-state index in [2.05, 4.69) is 32.5 Å². The van der Waals surface area contributed by atoms with Crippen molar-refractivity contribution in [2.75, 3.05) is 38.7 Å². The molecule has 4 heterocycles. The van der Waals surface area contributed by atoms with Crippen LogP contribution in [0.1, 0.15) is 61.8 Å². The highest BCUT2D eigenvalue weighted by molar-refractivity contribution is 5.86. The predicted molar refractivity (Wildman–Crippen MR) is 157 cm³/mol. The van der Waals surface area contributed by atoms with Crippen molar-refractivity contribution in [1.82, 2.24) is 20.1 Å². The number of para-hydroxylation sites is 1. The number of hydrogen-bond donors (Lipinski definition) is 2. The Hall–Kier alpha value is -2.88. The van der Waals surface area contributed by atoms with Crippen LogP contribution in [0, 0.1) is 5.92 Å². The molecule has 220 valence electrons. The number of aromatic nitrogens is 3. The Morgan fingerprint density at radius 2 is 2.12 bits per heavy atom. The molecule has 0 spiro atoms. The first-order chi connectivity index (χ1) is 20.1. The number of rotatable bonds is 13. The number of ether oxygens (including phenoxy) is 2. The first kappa shape index (κ1) is 28.2. The number of hydrogen-bond acceptors (Lipinski definition) is 7. The van der Waals surface area contributed by atoms with E-state index in [9.17, 15) is 4.79 Å². The number of nitrogens with zero attached hydrogens (tertiary/aromatic N) is 3. The van der Waals surface area contributed by atoms with Crippen molar-refractivity contribution >= 4 is 23.0 Å². The van der Waals surface area contributed by atoms with Crippen LogP contribution in [-0.2, 0) is 32.6 Å². The van der Waals surface area contributed by atoms with E-state index >= 15 is 4.39 Å². The number of carbonyl (C=O) groups excluding carboxylic acids is 1. The summed E-state index contributed by atoms with van der Waals surface area (Å²) < 4.78 is 27.3. The van der Waals surface area contributed by atoms with Crippen molar-refractivity contribution in [2.45, 2.75) is 81.7 Å². The van der Waals surface area contributed by atoms with Crippen LogP contribution >= 0.6 is 0 Å². The predicted octanol–water partition coefficient (Wildman–Crippen LogP) is 4.98. The molecule has 2 aromatic heterocycles. The Balaban J connectivity index is 1.08.